The third-order valence-corrected chi connectivity index (χ3v) is 5.16. The van der Waals surface area contributed by atoms with Gasteiger partial charge in [0.25, 0.3) is 0 Å². The van der Waals surface area contributed by atoms with Crippen molar-refractivity contribution in [2.24, 2.45) is 0 Å². The Bertz CT molecular complexity index is 442. The summed E-state index contributed by atoms with van der Waals surface area (Å²) < 4.78 is 5.14. The van der Waals surface area contributed by atoms with E-state index in [9.17, 15) is 4.79 Å². The fraction of sp³-hybridized carbons (Fsp3) is 0.533. The van der Waals surface area contributed by atoms with Gasteiger partial charge >= 0.3 is 0 Å². The van der Waals surface area contributed by atoms with Crippen LogP contribution in [0.1, 0.15) is 42.5 Å². The highest BCUT2D eigenvalue weighted by Gasteiger charge is 2.16. The number of rotatable bonds is 5. The minimum absolute atomic E-state index is 0.158. The normalized spacial score (nSPS) is 16.3. The van der Waals surface area contributed by atoms with Crippen LogP contribution in [-0.2, 0) is 0 Å². The highest BCUT2D eigenvalue weighted by molar-refractivity contribution is 8.00. The summed E-state index contributed by atoms with van der Waals surface area (Å²) in [6.45, 7) is 0. The van der Waals surface area contributed by atoms with Crippen LogP contribution in [-0.4, -0.2) is 23.9 Å². The van der Waals surface area contributed by atoms with Gasteiger partial charge in [-0.05, 0) is 31.0 Å². The fourth-order valence-corrected chi connectivity index (χ4v) is 3.76. The Morgan fingerprint density at radius 2 is 2.11 bits per heavy atom. The van der Waals surface area contributed by atoms with Gasteiger partial charge in [-0.15, -0.1) is 0 Å². The Hall–Kier alpha value is -0.670. The molecule has 0 radical (unpaired) electrons. The molecular formula is C15H19ClO2S. The molecule has 19 heavy (non-hydrogen) atoms. The molecule has 0 bridgehead atoms. The highest BCUT2D eigenvalue weighted by Crippen LogP contribution is 2.30. The average molecular weight is 299 g/mol. The molecule has 2 nitrogen and oxygen atoms in total. The number of Topliss-reactive ketones (excluding diaryl/α,β-unsaturated/α-hetero) is 1. The van der Waals surface area contributed by atoms with Gasteiger partial charge in [-0.1, -0.05) is 30.9 Å². The van der Waals surface area contributed by atoms with Crippen LogP contribution in [0.25, 0.3) is 0 Å². The summed E-state index contributed by atoms with van der Waals surface area (Å²) in [5.41, 5.74) is 0.685. The lowest BCUT2D eigenvalue weighted by molar-refractivity contribution is 0.102. The smallest absolute Gasteiger partial charge is 0.172 e. The van der Waals surface area contributed by atoms with Gasteiger partial charge in [0.2, 0.25) is 0 Å². The summed E-state index contributed by atoms with van der Waals surface area (Å²) in [6.07, 6.45) is 6.46. The molecule has 0 saturated heterocycles. The van der Waals surface area contributed by atoms with Crippen molar-refractivity contribution >= 4 is 29.1 Å². The minimum atomic E-state index is 0.158. The number of methoxy groups -OCH3 is 1. The molecule has 1 aromatic carbocycles. The minimum Gasteiger partial charge on any atom is -0.495 e. The van der Waals surface area contributed by atoms with Crippen LogP contribution in [0.3, 0.4) is 0 Å². The second-order valence-corrected chi connectivity index (χ2v) is 6.54. The van der Waals surface area contributed by atoms with Crippen molar-refractivity contribution in [3.63, 3.8) is 0 Å². The van der Waals surface area contributed by atoms with Crippen molar-refractivity contribution in [1.29, 1.82) is 0 Å². The Morgan fingerprint density at radius 3 is 2.79 bits per heavy atom. The molecule has 1 aliphatic carbocycles. The molecule has 1 aliphatic rings. The lowest BCUT2D eigenvalue weighted by Gasteiger charge is -2.20. The molecule has 0 unspecified atom stereocenters. The van der Waals surface area contributed by atoms with Gasteiger partial charge in [0.1, 0.15) is 5.75 Å². The monoisotopic (exact) mass is 298 g/mol. The van der Waals surface area contributed by atoms with Gasteiger partial charge < -0.3 is 4.74 Å². The first-order valence-electron chi connectivity index (χ1n) is 6.69. The zero-order chi connectivity index (χ0) is 13.7. The number of hydrogen-bond donors (Lipinski definition) is 0. The van der Waals surface area contributed by atoms with E-state index < -0.39 is 0 Å². The summed E-state index contributed by atoms with van der Waals surface area (Å²) >= 11 is 7.75. The van der Waals surface area contributed by atoms with E-state index in [-0.39, 0.29) is 5.78 Å². The van der Waals surface area contributed by atoms with Crippen molar-refractivity contribution in [1.82, 2.24) is 0 Å². The number of halogens is 1. The van der Waals surface area contributed by atoms with Crippen LogP contribution in [0.2, 0.25) is 5.02 Å². The Labute approximate surface area is 123 Å². The SMILES string of the molecule is COc1cc(C(=O)CSC2CCCCC2)ccc1Cl. The molecule has 1 fully saturated rings. The molecule has 0 N–H and O–H groups in total. The van der Waals surface area contributed by atoms with Gasteiger partial charge in [-0.3, -0.25) is 4.79 Å². The number of carbonyl (C=O) groups excluding carboxylic acids is 1. The van der Waals surface area contributed by atoms with Gasteiger partial charge in [-0.25, -0.2) is 0 Å². The summed E-state index contributed by atoms with van der Waals surface area (Å²) in [5, 5.41) is 1.20. The largest absolute Gasteiger partial charge is 0.495 e. The van der Waals surface area contributed by atoms with Gasteiger partial charge in [0, 0.05) is 10.8 Å². The predicted molar refractivity (Wildman–Crippen MR) is 81.7 cm³/mol. The van der Waals surface area contributed by atoms with Crippen LogP contribution in [0.4, 0.5) is 0 Å². The van der Waals surface area contributed by atoms with Crippen molar-refractivity contribution in [2.45, 2.75) is 37.4 Å². The Kier molecular flexibility index (Phi) is 5.59. The van der Waals surface area contributed by atoms with Crippen LogP contribution in [0.5, 0.6) is 5.75 Å². The summed E-state index contributed by atoms with van der Waals surface area (Å²) in [6, 6.07) is 5.22. The molecule has 1 aromatic rings. The quantitative estimate of drug-likeness (QED) is 0.743. The molecule has 0 aromatic heterocycles. The molecule has 2 rings (SSSR count). The van der Waals surface area contributed by atoms with Crippen molar-refractivity contribution in [3.05, 3.63) is 28.8 Å². The van der Waals surface area contributed by atoms with Crippen molar-refractivity contribution in [2.75, 3.05) is 12.9 Å². The lowest BCUT2D eigenvalue weighted by Crippen LogP contribution is -2.12. The zero-order valence-corrected chi connectivity index (χ0v) is 12.7. The van der Waals surface area contributed by atoms with E-state index in [1.807, 2.05) is 0 Å². The molecular weight excluding hydrogens is 280 g/mol. The van der Waals surface area contributed by atoms with E-state index in [1.165, 1.54) is 32.1 Å². The molecule has 0 heterocycles. The molecule has 4 heteroatoms. The van der Waals surface area contributed by atoms with Crippen molar-refractivity contribution < 1.29 is 9.53 Å². The Balaban J connectivity index is 1.92. The van der Waals surface area contributed by atoms with Crippen LogP contribution in [0.15, 0.2) is 18.2 Å². The fourth-order valence-electron chi connectivity index (χ4n) is 2.34. The lowest BCUT2D eigenvalue weighted by atomic mass is 10.0. The summed E-state index contributed by atoms with van der Waals surface area (Å²) in [7, 11) is 1.56. The Morgan fingerprint density at radius 1 is 1.37 bits per heavy atom. The molecule has 0 amide bonds. The van der Waals surface area contributed by atoms with E-state index >= 15 is 0 Å². The van der Waals surface area contributed by atoms with Gasteiger partial charge in [-0.2, -0.15) is 11.8 Å². The predicted octanol–water partition coefficient (Wildman–Crippen LogP) is 4.60. The van der Waals surface area contributed by atoms with Crippen LogP contribution >= 0.6 is 23.4 Å². The molecule has 0 atom stereocenters. The number of ether oxygens (including phenoxy) is 1. The second kappa shape index (κ2) is 7.20. The molecule has 1 saturated carbocycles. The first-order chi connectivity index (χ1) is 9.20. The maximum atomic E-state index is 12.1. The average Bonchev–Trinajstić information content (AvgIpc) is 2.46. The molecule has 0 spiro atoms. The molecule has 104 valence electrons. The third kappa shape index (κ3) is 4.15. The number of benzene rings is 1. The summed E-state index contributed by atoms with van der Waals surface area (Å²) in [5.74, 6) is 1.27. The first kappa shape index (κ1) is 14.7. The number of thioether (sulfide) groups is 1. The van der Waals surface area contributed by atoms with Crippen LogP contribution in [0, 0.1) is 0 Å². The van der Waals surface area contributed by atoms with E-state index in [4.69, 9.17) is 16.3 Å². The zero-order valence-electron chi connectivity index (χ0n) is 11.2. The second-order valence-electron chi connectivity index (χ2n) is 4.84. The topological polar surface area (TPSA) is 26.3 Å². The first-order valence-corrected chi connectivity index (χ1v) is 8.11. The maximum absolute atomic E-state index is 12.1. The van der Waals surface area contributed by atoms with E-state index in [2.05, 4.69) is 0 Å². The van der Waals surface area contributed by atoms with Crippen molar-refractivity contribution in [3.8, 4) is 5.75 Å². The van der Waals surface area contributed by atoms with Crippen LogP contribution < -0.4 is 4.74 Å². The third-order valence-electron chi connectivity index (χ3n) is 3.48. The van der Waals surface area contributed by atoms with Gasteiger partial charge in [0.05, 0.1) is 17.9 Å². The maximum Gasteiger partial charge on any atom is 0.172 e. The van der Waals surface area contributed by atoms with Gasteiger partial charge in [0.15, 0.2) is 5.78 Å². The van der Waals surface area contributed by atoms with E-state index in [1.54, 1.807) is 37.1 Å². The standard InChI is InChI=1S/C15H19ClO2S/c1-18-15-9-11(7-8-13(15)16)14(17)10-19-12-5-3-2-4-6-12/h7-9,12H,2-6,10H2,1H3. The molecule has 0 aliphatic heterocycles. The number of hydrogen-bond acceptors (Lipinski definition) is 3. The number of carbonyl (C=O) groups is 1. The highest BCUT2D eigenvalue weighted by atomic mass is 35.5. The van der Waals surface area contributed by atoms with E-state index in [0.717, 1.165) is 0 Å². The summed E-state index contributed by atoms with van der Waals surface area (Å²) in [4.78, 5) is 12.1. The van der Waals surface area contributed by atoms with E-state index in [0.29, 0.717) is 27.3 Å². The number of ketones is 1.